The highest BCUT2D eigenvalue weighted by Crippen LogP contribution is 2.31. The molecule has 1 aliphatic heterocycles. The summed E-state index contributed by atoms with van der Waals surface area (Å²) in [6.45, 7) is 0. The molecule has 0 bridgehead atoms. The molecule has 1 aromatic carbocycles. The maximum Gasteiger partial charge on any atom is 0.338 e. The van der Waals surface area contributed by atoms with E-state index in [0.29, 0.717) is 0 Å². The third-order valence-electron chi connectivity index (χ3n) is 2.59. The smallest absolute Gasteiger partial charge is 0.338 e. The average molecular weight is 251 g/mol. The number of ether oxygens (including phenoxy) is 1. The van der Waals surface area contributed by atoms with Gasteiger partial charge < -0.3 is 15.2 Å². The first kappa shape index (κ1) is 12.1. The normalized spacial score (nSPS) is 14.7. The number of aliphatic hydroxyl groups excluding tert-OH is 1. The van der Waals surface area contributed by atoms with Gasteiger partial charge in [-0.1, -0.05) is 6.07 Å². The number of amides is 1. The maximum atomic E-state index is 13.5. The quantitative estimate of drug-likeness (QED) is 0.743. The van der Waals surface area contributed by atoms with Gasteiger partial charge in [-0.25, -0.2) is 9.18 Å². The molecule has 94 valence electrons. The van der Waals surface area contributed by atoms with Crippen LogP contribution in [0.5, 0.6) is 0 Å². The van der Waals surface area contributed by atoms with E-state index >= 15 is 0 Å². The number of nitrogens with one attached hydrogen (secondary N) is 1. The second kappa shape index (κ2) is 4.48. The van der Waals surface area contributed by atoms with Crippen molar-refractivity contribution >= 4 is 23.3 Å². The molecule has 0 saturated carbocycles. The zero-order chi connectivity index (χ0) is 13.3. The largest absolute Gasteiger partial charge is 0.507 e. The molecule has 6 heteroatoms. The first-order valence-electron chi connectivity index (χ1n) is 5.13. The van der Waals surface area contributed by atoms with Crippen LogP contribution in [0.15, 0.2) is 23.8 Å². The van der Waals surface area contributed by atoms with Crippen molar-refractivity contribution in [2.24, 2.45) is 0 Å². The molecule has 1 aliphatic rings. The Balaban J connectivity index is 2.65. The molecular weight excluding hydrogens is 241 g/mol. The number of methoxy groups -OCH3 is 1. The zero-order valence-corrected chi connectivity index (χ0v) is 9.49. The fourth-order valence-corrected chi connectivity index (χ4v) is 1.73. The van der Waals surface area contributed by atoms with E-state index in [9.17, 15) is 19.1 Å². The highest BCUT2D eigenvalue weighted by molar-refractivity contribution is 6.08. The summed E-state index contributed by atoms with van der Waals surface area (Å²) >= 11 is 0. The summed E-state index contributed by atoms with van der Waals surface area (Å²) in [6, 6.07) is 3.93. The molecule has 2 rings (SSSR count). The van der Waals surface area contributed by atoms with Crippen LogP contribution in [0.25, 0.3) is 5.76 Å². The van der Waals surface area contributed by atoms with Gasteiger partial charge in [0.2, 0.25) is 5.91 Å². The van der Waals surface area contributed by atoms with Crippen molar-refractivity contribution in [3.05, 3.63) is 35.2 Å². The standard InChI is InChI=1S/C12H10FNO4/c1-18-12(17)7-5-9(15)14-10-6(11(7)16)3-2-4-8(10)13/h2-4,16H,5H2,1H3,(H,14,15). The molecule has 18 heavy (non-hydrogen) atoms. The molecule has 0 radical (unpaired) electrons. The highest BCUT2D eigenvalue weighted by Gasteiger charge is 2.27. The molecule has 0 fully saturated rings. The molecule has 0 saturated heterocycles. The predicted octanol–water partition coefficient (Wildman–Crippen LogP) is 1.61. The minimum atomic E-state index is -0.820. The minimum absolute atomic E-state index is 0.0567. The molecule has 0 atom stereocenters. The van der Waals surface area contributed by atoms with Crippen LogP contribution in [0.4, 0.5) is 10.1 Å². The zero-order valence-electron chi connectivity index (χ0n) is 9.49. The highest BCUT2D eigenvalue weighted by atomic mass is 19.1. The van der Waals surface area contributed by atoms with Crippen molar-refractivity contribution in [3.8, 4) is 0 Å². The minimum Gasteiger partial charge on any atom is -0.507 e. The van der Waals surface area contributed by atoms with Gasteiger partial charge in [0.15, 0.2) is 0 Å². The van der Waals surface area contributed by atoms with Gasteiger partial charge >= 0.3 is 5.97 Å². The lowest BCUT2D eigenvalue weighted by Crippen LogP contribution is -2.15. The van der Waals surface area contributed by atoms with Gasteiger partial charge in [0.05, 0.1) is 24.8 Å². The number of hydrogen-bond donors (Lipinski definition) is 2. The number of hydrogen-bond acceptors (Lipinski definition) is 4. The molecule has 0 aliphatic carbocycles. The van der Waals surface area contributed by atoms with Crippen LogP contribution in [0.3, 0.4) is 0 Å². The molecule has 1 amide bonds. The molecule has 1 aromatic rings. The van der Waals surface area contributed by atoms with Gasteiger partial charge in [0, 0.05) is 5.56 Å². The number of carbonyl (C=O) groups excluding carboxylic acids is 2. The summed E-state index contributed by atoms with van der Waals surface area (Å²) in [7, 11) is 1.14. The topological polar surface area (TPSA) is 75.6 Å². The molecule has 0 unspecified atom stereocenters. The van der Waals surface area contributed by atoms with Gasteiger partial charge in [0.25, 0.3) is 0 Å². The SMILES string of the molecule is COC(=O)C1=C(O)c2cccc(F)c2NC(=O)C1. The van der Waals surface area contributed by atoms with Crippen molar-refractivity contribution in [2.45, 2.75) is 6.42 Å². The summed E-state index contributed by atoms with van der Waals surface area (Å²) in [5.41, 5.74) is -0.278. The molecule has 2 N–H and O–H groups in total. The second-order valence-electron chi connectivity index (χ2n) is 3.71. The summed E-state index contributed by atoms with van der Waals surface area (Å²) in [5.74, 6) is -2.54. The van der Waals surface area contributed by atoms with Crippen molar-refractivity contribution in [3.63, 3.8) is 0 Å². The number of benzene rings is 1. The number of para-hydroxylation sites is 1. The van der Waals surface area contributed by atoms with Crippen LogP contribution in [0.2, 0.25) is 0 Å². The molecule has 5 nitrogen and oxygen atoms in total. The van der Waals surface area contributed by atoms with E-state index in [1.165, 1.54) is 12.1 Å². The Bertz CT molecular complexity index is 565. The van der Waals surface area contributed by atoms with Gasteiger partial charge in [-0.2, -0.15) is 0 Å². The molecule has 1 heterocycles. The van der Waals surface area contributed by atoms with Crippen LogP contribution in [-0.4, -0.2) is 24.1 Å². The Morgan fingerprint density at radius 2 is 2.22 bits per heavy atom. The number of aliphatic hydroxyl groups is 1. The Hall–Kier alpha value is -2.37. The number of anilines is 1. The van der Waals surface area contributed by atoms with Crippen LogP contribution in [0, 0.1) is 5.82 Å². The monoisotopic (exact) mass is 251 g/mol. The van der Waals surface area contributed by atoms with Crippen molar-refractivity contribution in [1.82, 2.24) is 0 Å². The Morgan fingerprint density at radius 3 is 2.89 bits per heavy atom. The van der Waals surface area contributed by atoms with E-state index in [0.717, 1.165) is 13.2 Å². The predicted molar refractivity (Wildman–Crippen MR) is 61.2 cm³/mol. The third-order valence-corrected chi connectivity index (χ3v) is 2.59. The molecule has 0 spiro atoms. The van der Waals surface area contributed by atoms with E-state index in [4.69, 9.17) is 0 Å². The lowest BCUT2D eigenvalue weighted by atomic mass is 10.1. The van der Waals surface area contributed by atoms with Gasteiger partial charge in [-0.15, -0.1) is 0 Å². The van der Waals surface area contributed by atoms with Crippen molar-refractivity contribution in [2.75, 3.05) is 12.4 Å². The fraction of sp³-hybridized carbons (Fsp3) is 0.167. The second-order valence-corrected chi connectivity index (χ2v) is 3.71. The van der Waals surface area contributed by atoms with Crippen LogP contribution in [-0.2, 0) is 14.3 Å². The number of rotatable bonds is 1. The lowest BCUT2D eigenvalue weighted by molar-refractivity contribution is -0.137. The number of esters is 1. The Labute approximate surface area is 102 Å². The first-order valence-corrected chi connectivity index (χ1v) is 5.13. The van der Waals surface area contributed by atoms with Gasteiger partial charge in [-0.05, 0) is 12.1 Å². The van der Waals surface area contributed by atoms with E-state index in [2.05, 4.69) is 10.1 Å². The summed E-state index contributed by atoms with van der Waals surface area (Å²) in [4.78, 5) is 23.0. The van der Waals surface area contributed by atoms with E-state index < -0.39 is 23.5 Å². The van der Waals surface area contributed by atoms with E-state index in [1.807, 2.05) is 0 Å². The van der Waals surface area contributed by atoms with Crippen molar-refractivity contribution < 1.29 is 23.8 Å². The maximum absolute atomic E-state index is 13.5. The van der Waals surface area contributed by atoms with Gasteiger partial charge in [-0.3, -0.25) is 4.79 Å². The van der Waals surface area contributed by atoms with E-state index in [-0.39, 0.29) is 23.2 Å². The third kappa shape index (κ3) is 1.92. The van der Waals surface area contributed by atoms with Crippen molar-refractivity contribution in [1.29, 1.82) is 0 Å². The Kier molecular flexibility index (Phi) is 3.01. The van der Waals surface area contributed by atoms with Crippen LogP contribution in [0.1, 0.15) is 12.0 Å². The average Bonchev–Trinajstić information content (AvgIpc) is 2.48. The lowest BCUT2D eigenvalue weighted by Gasteiger charge is -2.08. The molecular formula is C12H10FNO4. The van der Waals surface area contributed by atoms with Crippen LogP contribution < -0.4 is 5.32 Å². The van der Waals surface area contributed by atoms with Crippen LogP contribution >= 0.6 is 0 Å². The summed E-state index contributed by atoms with van der Waals surface area (Å²) < 4.78 is 18.0. The van der Waals surface area contributed by atoms with E-state index in [1.54, 1.807) is 0 Å². The number of carbonyl (C=O) groups is 2. The summed E-state index contributed by atoms with van der Waals surface area (Å²) in [5, 5.41) is 12.3. The number of fused-ring (bicyclic) bond motifs is 1. The summed E-state index contributed by atoms with van der Waals surface area (Å²) in [6.07, 6.45) is -0.368. The number of halogens is 1. The van der Waals surface area contributed by atoms with Gasteiger partial charge in [0.1, 0.15) is 11.6 Å². The fourth-order valence-electron chi connectivity index (χ4n) is 1.73. The molecule has 0 aromatic heterocycles. The Morgan fingerprint density at radius 1 is 1.50 bits per heavy atom. The first-order chi connectivity index (χ1) is 8.54.